The van der Waals surface area contributed by atoms with E-state index in [-0.39, 0.29) is 12.0 Å². The van der Waals surface area contributed by atoms with Crippen molar-refractivity contribution in [3.05, 3.63) is 42.1 Å². The molecule has 3 rings (SSSR count). The van der Waals surface area contributed by atoms with Gasteiger partial charge < -0.3 is 15.4 Å². The molecule has 1 aromatic carbocycles. The molecule has 1 aliphatic carbocycles. The molecule has 2 N–H and O–H groups in total. The first-order valence-corrected chi connectivity index (χ1v) is 9.28. The first kappa shape index (κ1) is 18.5. The summed E-state index contributed by atoms with van der Waals surface area (Å²) in [5.41, 5.74) is 3.32. The standard InChI is InChI=1S/C20H28N4O2/c1-14(12-21-20(25)26-3)13-24-19(16-7-5-4-6-8-16)11-18(23-24)15(2)22-17-9-10-17/h4-8,11,14-15,17,22H,9-10,12-13H2,1-3H3,(H,21,25). The van der Waals surface area contributed by atoms with Crippen LogP contribution in [0.25, 0.3) is 11.3 Å². The molecule has 0 radical (unpaired) electrons. The van der Waals surface area contributed by atoms with Crippen molar-refractivity contribution in [1.82, 2.24) is 20.4 Å². The first-order valence-electron chi connectivity index (χ1n) is 9.28. The van der Waals surface area contributed by atoms with E-state index >= 15 is 0 Å². The highest BCUT2D eigenvalue weighted by Crippen LogP contribution is 2.27. The summed E-state index contributed by atoms with van der Waals surface area (Å²) < 4.78 is 6.70. The summed E-state index contributed by atoms with van der Waals surface area (Å²) in [5, 5.41) is 11.2. The van der Waals surface area contributed by atoms with Crippen LogP contribution in [-0.4, -0.2) is 35.6 Å². The Balaban J connectivity index is 1.77. The van der Waals surface area contributed by atoms with Gasteiger partial charge in [-0.1, -0.05) is 37.3 Å². The number of benzene rings is 1. The molecule has 1 aromatic heterocycles. The van der Waals surface area contributed by atoms with E-state index in [9.17, 15) is 4.79 Å². The van der Waals surface area contributed by atoms with Gasteiger partial charge in [0, 0.05) is 25.2 Å². The predicted molar refractivity (Wildman–Crippen MR) is 102 cm³/mol. The van der Waals surface area contributed by atoms with Gasteiger partial charge in [0.15, 0.2) is 0 Å². The summed E-state index contributed by atoms with van der Waals surface area (Å²) in [6, 6.07) is 13.4. The number of methoxy groups -OCH3 is 1. The van der Waals surface area contributed by atoms with Gasteiger partial charge in [0.2, 0.25) is 0 Å². The van der Waals surface area contributed by atoms with Crippen molar-refractivity contribution in [1.29, 1.82) is 0 Å². The maximum absolute atomic E-state index is 11.3. The van der Waals surface area contributed by atoms with Crippen LogP contribution < -0.4 is 10.6 Å². The monoisotopic (exact) mass is 356 g/mol. The van der Waals surface area contributed by atoms with Gasteiger partial charge >= 0.3 is 6.09 Å². The lowest BCUT2D eigenvalue weighted by Gasteiger charge is -2.15. The molecule has 0 bridgehead atoms. The Bertz CT molecular complexity index is 725. The fourth-order valence-electron chi connectivity index (χ4n) is 3.01. The number of hydrogen-bond acceptors (Lipinski definition) is 4. The molecule has 6 nitrogen and oxygen atoms in total. The third-order valence-electron chi connectivity index (χ3n) is 4.64. The summed E-state index contributed by atoms with van der Waals surface area (Å²) in [4.78, 5) is 11.3. The minimum Gasteiger partial charge on any atom is -0.453 e. The lowest BCUT2D eigenvalue weighted by molar-refractivity contribution is 0.169. The van der Waals surface area contributed by atoms with Gasteiger partial charge in [-0.25, -0.2) is 4.79 Å². The summed E-state index contributed by atoms with van der Waals surface area (Å²) in [5.74, 6) is 0.232. The van der Waals surface area contributed by atoms with E-state index in [0.717, 1.165) is 23.5 Å². The van der Waals surface area contributed by atoms with Crippen LogP contribution in [-0.2, 0) is 11.3 Å². The van der Waals surface area contributed by atoms with Crippen molar-refractivity contribution in [3.63, 3.8) is 0 Å². The second kappa shape index (κ2) is 8.36. The van der Waals surface area contributed by atoms with Crippen molar-refractivity contribution >= 4 is 6.09 Å². The Hall–Kier alpha value is -2.34. The molecule has 26 heavy (non-hydrogen) atoms. The number of carbonyl (C=O) groups is 1. The van der Waals surface area contributed by atoms with Gasteiger partial charge in [-0.3, -0.25) is 4.68 Å². The number of nitrogens with zero attached hydrogens (tertiary/aromatic N) is 2. The zero-order chi connectivity index (χ0) is 18.5. The number of ether oxygens (including phenoxy) is 1. The minimum atomic E-state index is -0.399. The number of rotatable bonds is 8. The lowest BCUT2D eigenvalue weighted by Crippen LogP contribution is -2.30. The zero-order valence-corrected chi connectivity index (χ0v) is 15.7. The van der Waals surface area contributed by atoms with Gasteiger partial charge in [0.05, 0.1) is 18.5 Å². The lowest BCUT2D eigenvalue weighted by atomic mass is 10.1. The van der Waals surface area contributed by atoms with Crippen LogP contribution in [0.4, 0.5) is 4.79 Å². The van der Waals surface area contributed by atoms with E-state index in [1.807, 2.05) is 18.2 Å². The maximum Gasteiger partial charge on any atom is 0.406 e. The quantitative estimate of drug-likeness (QED) is 0.761. The largest absolute Gasteiger partial charge is 0.453 e. The van der Waals surface area contributed by atoms with Crippen LogP contribution in [0.1, 0.15) is 38.4 Å². The summed E-state index contributed by atoms with van der Waals surface area (Å²) >= 11 is 0. The Morgan fingerprint density at radius 1 is 1.31 bits per heavy atom. The van der Waals surface area contributed by atoms with E-state index in [0.29, 0.717) is 12.6 Å². The van der Waals surface area contributed by atoms with E-state index in [2.05, 4.69) is 52.1 Å². The Morgan fingerprint density at radius 3 is 2.69 bits per heavy atom. The average molecular weight is 356 g/mol. The Kier molecular flexibility index (Phi) is 5.93. The fraction of sp³-hybridized carbons (Fsp3) is 0.500. The number of nitrogens with one attached hydrogen (secondary N) is 2. The third kappa shape index (κ3) is 4.85. The molecule has 2 atom stereocenters. The second-order valence-electron chi connectivity index (χ2n) is 7.14. The molecule has 6 heteroatoms. The summed E-state index contributed by atoms with van der Waals surface area (Å²) in [7, 11) is 1.38. The highest BCUT2D eigenvalue weighted by molar-refractivity contribution is 5.66. The molecule has 0 aliphatic heterocycles. The van der Waals surface area contributed by atoms with Crippen molar-refractivity contribution in [3.8, 4) is 11.3 Å². The molecule has 2 aromatic rings. The van der Waals surface area contributed by atoms with Crippen LogP contribution in [0.3, 0.4) is 0 Å². The number of amides is 1. The minimum absolute atomic E-state index is 0.231. The molecule has 140 valence electrons. The predicted octanol–water partition coefficient (Wildman–Crippen LogP) is 3.36. The van der Waals surface area contributed by atoms with Crippen LogP contribution in [0.15, 0.2) is 36.4 Å². The van der Waals surface area contributed by atoms with Crippen molar-refractivity contribution in [2.45, 2.75) is 45.3 Å². The Morgan fingerprint density at radius 2 is 2.04 bits per heavy atom. The highest BCUT2D eigenvalue weighted by atomic mass is 16.5. The van der Waals surface area contributed by atoms with E-state index in [1.54, 1.807) is 0 Å². The molecule has 1 fully saturated rings. The number of hydrogen-bond donors (Lipinski definition) is 2. The second-order valence-corrected chi connectivity index (χ2v) is 7.14. The normalized spacial score (nSPS) is 16.1. The van der Waals surface area contributed by atoms with Crippen molar-refractivity contribution in [2.75, 3.05) is 13.7 Å². The van der Waals surface area contributed by atoms with Gasteiger partial charge in [-0.2, -0.15) is 5.10 Å². The molecule has 1 aliphatic rings. The summed E-state index contributed by atoms with van der Waals surface area (Å²) in [6.45, 7) is 5.54. The molecule has 0 spiro atoms. The number of alkyl carbamates (subject to hydrolysis) is 1. The molecular weight excluding hydrogens is 328 g/mol. The van der Waals surface area contributed by atoms with E-state index in [4.69, 9.17) is 5.10 Å². The molecule has 1 amide bonds. The van der Waals surface area contributed by atoms with Crippen LogP contribution in [0, 0.1) is 5.92 Å². The maximum atomic E-state index is 11.3. The first-order chi connectivity index (χ1) is 12.6. The van der Waals surface area contributed by atoms with Crippen LogP contribution in [0.5, 0.6) is 0 Å². The molecule has 1 saturated carbocycles. The van der Waals surface area contributed by atoms with Crippen LogP contribution in [0.2, 0.25) is 0 Å². The third-order valence-corrected chi connectivity index (χ3v) is 4.64. The summed E-state index contributed by atoms with van der Waals surface area (Å²) in [6.07, 6.45) is 2.11. The molecule has 0 saturated heterocycles. The van der Waals surface area contributed by atoms with Crippen molar-refractivity contribution in [2.24, 2.45) is 5.92 Å². The smallest absolute Gasteiger partial charge is 0.406 e. The van der Waals surface area contributed by atoms with E-state index in [1.165, 1.54) is 20.0 Å². The number of carbonyl (C=O) groups excluding carboxylic acids is 1. The van der Waals surface area contributed by atoms with E-state index < -0.39 is 6.09 Å². The van der Waals surface area contributed by atoms with Crippen LogP contribution >= 0.6 is 0 Å². The van der Waals surface area contributed by atoms with Gasteiger partial charge in [0.25, 0.3) is 0 Å². The fourth-order valence-corrected chi connectivity index (χ4v) is 3.01. The van der Waals surface area contributed by atoms with Crippen molar-refractivity contribution < 1.29 is 9.53 Å². The zero-order valence-electron chi connectivity index (χ0n) is 15.7. The Labute approximate surface area is 154 Å². The number of aromatic nitrogens is 2. The molecular formula is C20H28N4O2. The SMILES string of the molecule is COC(=O)NCC(C)Cn1nc(C(C)NC2CC2)cc1-c1ccccc1. The van der Waals surface area contributed by atoms with Gasteiger partial charge in [-0.15, -0.1) is 0 Å². The molecule has 2 unspecified atom stereocenters. The molecule has 1 heterocycles. The topological polar surface area (TPSA) is 68.2 Å². The highest BCUT2D eigenvalue weighted by Gasteiger charge is 2.25. The average Bonchev–Trinajstić information content (AvgIpc) is 3.37. The van der Waals surface area contributed by atoms with Gasteiger partial charge in [-0.05, 0) is 37.3 Å². The van der Waals surface area contributed by atoms with Gasteiger partial charge in [0.1, 0.15) is 0 Å².